The molecule has 3 heteroatoms. The van der Waals surface area contributed by atoms with E-state index in [1.807, 2.05) is 12.4 Å². The van der Waals surface area contributed by atoms with Gasteiger partial charge in [-0.15, -0.1) is 0 Å². The van der Waals surface area contributed by atoms with Crippen molar-refractivity contribution < 1.29 is 0 Å². The minimum atomic E-state index is 0.642. The lowest BCUT2D eigenvalue weighted by Gasteiger charge is -2.30. The van der Waals surface area contributed by atoms with Gasteiger partial charge in [0.05, 0.1) is 0 Å². The fourth-order valence-corrected chi connectivity index (χ4v) is 2.46. The molecule has 1 aromatic heterocycles. The van der Waals surface area contributed by atoms with Crippen molar-refractivity contribution in [2.24, 2.45) is 0 Å². The molecule has 0 bridgehead atoms. The zero-order valence-electron chi connectivity index (χ0n) is 8.31. The second kappa shape index (κ2) is 3.35. The summed E-state index contributed by atoms with van der Waals surface area (Å²) in [7, 11) is 0. The van der Waals surface area contributed by atoms with Crippen LogP contribution < -0.4 is 0 Å². The van der Waals surface area contributed by atoms with Gasteiger partial charge in [-0.3, -0.25) is 0 Å². The Hall–Kier alpha value is -1.35. The Balaban J connectivity index is 1.84. The van der Waals surface area contributed by atoms with Crippen LogP contribution in [0.3, 0.4) is 0 Å². The number of hydrogen-bond acceptors (Lipinski definition) is 1. The third kappa shape index (κ3) is 1.43. The van der Waals surface area contributed by atoms with E-state index in [0.29, 0.717) is 5.92 Å². The first-order valence-corrected chi connectivity index (χ1v) is 5.57. The molecule has 1 atom stereocenters. The Morgan fingerprint density at radius 1 is 1.40 bits per heavy atom. The molecule has 1 heterocycles. The van der Waals surface area contributed by atoms with Gasteiger partial charge < -0.3 is 9.55 Å². The van der Waals surface area contributed by atoms with Gasteiger partial charge in [0.1, 0.15) is 0 Å². The van der Waals surface area contributed by atoms with Crippen molar-refractivity contribution in [3.63, 3.8) is 0 Å². The molecule has 76 valence electrons. The van der Waals surface area contributed by atoms with Crippen LogP contribution in [0.4, 0.5) is 0 Å². The van der Waals surface area contributed by atoms with E-state index in [-0.39, 0.29) is 0 Å². The summed E-state index contributed by atoms with van der Waals surface area (Å²) in [5, 5.41) is 0. The largest absolute Gasteiger partial charge is 0.337 e. The standard InChI is InChI=1S/C12H12N2S/c15-12-13-5-6-14(12)8-10-7-9-3-1-2-4-11(9)10/h1-6,10H,7-8H2,(H,13,15). The molecule has 1 aromatic carbocycles. The first kappa shape index (κ1) is 8.92. The van der Waals surface area contributed by atoms with Gasteiger partial charge in [-0.1, -0.05) is 24.3 Å². The summed E-state index contributed by atoms with van der Waals surface area (Å²) in [6.07, 6.45) is 5.10. The van der Waals surface area contributed by atoms with E-state index in [4.69, 9.17) is 12.2 Å². The topological polar surface area (TPSA) is 20.7 Å². The zero-order valence-corrected chi connectivity index (χ0v) is 9.13. The minimum Gasteiger partial charge on any atom is -0.337 e. The molecule has 0 saturated heterocycles. The number of benzene rings is 1. The quantitative estimate of drug-likeness (QED) is 0.765. The molecule has 2 aromatic rings. The maximum atomic E-state index is 5.18. The van der Waals surface area contributed by atoms with Crippen LogP contribution in [0.1, 0.15) is 17.0 Å². The maximum Gasteiger partial charge on any atom is 0.177 e. The molecule has 3 rings (SSSR count). The Kier molecular flexibility index (Phi) is 1.99. The van der Waals surface area contributed by atoms with Gasteiger partial charge in [0.15, 0.2) is 4.77 Å². The number of fused-ring (bicyclic) bond motifs is 1. The van der Waals surface area contributed by atoms with Gasteiger partial charge in [-0.05, 0) is 29.8 Å². The lowest BCUT2D eigenvalue weighted by molar-refractivity contribution is 0.505. The molecular weight excluding hydrogens is 204 g/mol. The summed E-state index contributed by atoms with van der Waals surface area (Å²) in [4.78, 5) is 3.02. The van der Waals surface area contributed by atoms with Crippen LogP contribution in [-0.4, -0.2) is 9.55 Å². The molecule has 0 spiro atoms. The molecule has 0 aliphatic heterocycles. The first-order valence-electron chi connectivity index (χ1n) is 5.16. The highest BCUT2D eigenvalue weighted by molar-refractivity contribution is 7.71. The second-order valence-electron chi connectivity index (χ2n) is 4.02. The highest BCUT2D eigenvalue weighted by atomic mass is 32.1. The van der Waals surface area contributed by atoms with Crippen LogP contribution in [0.2, 0.25) is 0 Å². The minimum absolute atomic E-state index is 0.642. The molecule has 1 aliphatic rings. The van der Waals surface area contributed by atoms with E-state index in [1.165, 1.54) is 17.5 Å². The number of rotatable bonds is 2. The smallest absolute Gasteiger partial charge is 0.177 e. The predicted octanol–water partition coefficient (Wildman–Crippen LogP) is 2.89. The first-order chi connectivity index (χ1) is 7.34. The van der Waals surface area contributed by atoms with Gasteiger partial charge in [-0.25, -0.2) is 0 Å². The Morgan fingerprint density at radius 2 is 2.27 bits per heavy atom. The van der Waals surface area contributed by atoms with Crippen LogP contribution in [0.15, 0.2) is 36.7 Å². The van der Waals surface area contributed by atoms with Crippen LogP contribution in [0.5, 0.6) is 0 Å². The van der Waals surface area contributed by atoms with Crippen molar-refractivity contribution in [3.05, 3.63) is 52.6 Å². The van der Waals surface area contributed by atoms with Crippen LogP contribution in [0.25, 0.3) is 0 Å². The monoisotopic (exact) mass is 216 g/mol. The fourth-order valence-electron chi connectivity index (χ4n) is 2.26. The Morgan fingerprint density at radius 3 is 3.00 bits per heavy atom. The van der Waals surface area contributed by atoms with Crippen molar-refractivity contribution in [1.29, 1.82) is 0 Å². The number of nitrogens with one attached hydrogen (secondary N) is 1. The average Bonchev–Trinajstić information content (AvgIpc) is 2.61. The van der Waals surface area contributed by atoms with Crippen molar-refractivity contribution in [2.45, 2.75) is 18.9 Å². The summed E-state index contributed by atoms with van der Waals surface area (Å²) in [5.74, 6) is 0.642. The van der Waals surface area contributed by atoms with E-state index < -0.39 is 0 Å². The number of imidazole rings is 1. The summed E-state index contributed by atoms with van der Waals surface area (Å²) in [5.41, 5.74) is 2.98. The average molecular weight is 216 g/mol. The summed E-state index contributed by atoms with van der Waals surface area (Å²) in [6.45, 7) is 0.999. The Labute approximate surface area is 93.6 Å². The lowest BCUT2D eigenvalue weighted by atomic mass is 9.77. The SMILES string of the molecule is S=c1[nH]ccn1CC1Cc2ccccc21. The van der Waals surface area contributed by atoms with Crippen molar-refractivity contribution in [3.8, 4) is 0 Å². The summed E-state index contributed by atoms with van der Waals surface area (Å²) in [6, 6.07) is 8.65. The molecule has 0 fully saturated rings. The fraction of sp³-hybridized carbons (Fsp3) is 0.250. The molecule has 2 nitrogen and oxygen atoms in total. The molecule has 0 radical (unpaired) electrons. The second-order valence-corrected chi connectivity index (χ2v) is 4.40. The predicted molar refractivity (Wildman–Crippen MR) is 62.5 cm³/mol. The normalized spacial score (nSPS) is 18.3. The molecule has 1 N–H and O–H groups in total. The van der Waals surface area contributed by atoms with Crippen molar-refractivity contribution in [2.75, 3.05) is 0 Å². The van der Waals surface area contributed by atoms with E-state index in [9.17, 15) is 0 Å². The van der Waals surface area contributed by atoms with E-state index in [1.54, 1.807) is 0 Å². The van der Waals surface area contributed by atoms with Gasteiger partial charge >= 0.3 is 0 Å². The molecule has 1 aliphatic carbocycles. The van der Waals surface area contributed by atoms with E-state index >= 15 is 0 Å². The van der Waals surface area contributed by atoms with Crippen LogP contribution in [0, 0.1) is 4.77 Å². The van der Waals surface area contributed by atoms with E-state index in [2.05, 4.69) is 33.8 Å². The molecule has 0 saturated carbocycles. The lowest BCUT2D eigenvalue weighted by Crippen LogP contribution is -2.21. The summed E-state index contributed by atoms with van der Waals surface area (Å²) >= 11 is 5.18. The number of nitrogens with zero attached hydrogens (tertiary/aromatic N) is 1. The third-order valence-corrected chi connectivity index (χ3v) is 3.45. The van der Waals surface area contributed by atoms with Crippen molar-refractivity contribution >= 4 is 12.2 Å². The maximum absolute atomic E-state index is 5.18. The number of H-pyrrole nitrogens is 1. The van der Waals surface area contributed by atoms with E-state index in [0.717, 1.165) is 11.3 Å². The highest BCUT2D eigenvalue weighted by Crippen LogP contribution is 2.35. The summed E-state index contributed by atoms with van der Waals surface area (Å²) < 4.78 is 2.93. The third-order valence-electron chi connectivity index (χ3n) is 3.10. The highest BCUT2D eigenvalue weighted by Gasteiger charge is 2.25. The van der Waals surface area contributed by atoms with Crippen LogP contribution in [-0.2, 0) is 13.0 Å². The number of aromatic nitrogens is 2. The molecule has 0 amide bonds. The van der Waals surface area contributed by atoms with Gasteiger partial charge in [0.25, 0.3) is 0 Å². The van der Waals surface area contributed by atoms with Crippen molar-refractivity contribution in [1.82, 2.24) is 9.55 Å². The number of hydrogen-bond donors (Lipinski definition) is 1. The van der Waals surface area contributed by atoms with Gasteiger partial charge in [-0.2, -0.15) is 0 Å². The van der Waals surface area contributed by atoms with Crippen LogP contribution >= 0.6 is 12.2 Å². The van der Waals surface area contributed by atoms with Gasteiger partial charge in [0, 0.05) is 24.9 Å². The van der Waals surface area contributed by atoms with Gasteiger partial charge in [0.2, 0.25) is 0 Å². The molecule has 15 heavy (non-hydrogen) atoms. The number of aromatic amines is 1. The molecular formula is C12H12N2S. The zero-order chi connectivity index (χ0) is 10.3. The molecule has 1 unspecified atom stereocenters. The Bertz CT molecular complexity index is 538.